The number of nitrogens with one attached hydrogen (secondary N) is 2. The Hall–Kier alpha value is -1.88. The van der Waals surface area contributed by atoms with Crippen LogP contribution in [0.3, 0.4) is 0 Å². The number of para-hydroxylation sites is 1. The van der Waals surface area contributed by atoms with Crippen LogP contribution in [0.1, 0.15) is 20.3 Å². The molecule has 0 saturated heterocycles. The maximum Gasteiger partial charge on any atom is 0.284 e. The Morgan fingerprint density at radius 1 is 1.29 bits per heavy atom. The van der Waals surface area contributed by atoms with E-state index >= 15 is 0 Å². The first-order valence-electron chi connectivity index (χ1n) is 7.39. The highest BCUT2D eigenvalue weighted by molar-refractivity contribution is 5.95. The molecular weight excluding hydrogens is 266 g/mol. The quantitative estimate of drug-likeness (QED) is 0.748. The van der Waals surface area contributed by atoms with E-state index in [2.05, 4.69) is 5.32 Å². The lowest BCUT2D eigenvalue weighted by Gasteiger charge is -2.25. The van der Waals surface area contributed by atoms with E-state index in [0.717, 1.165) is 17.0 Å². The van der Waals surface area contributed by atoms with Crippen molar-refractivity contribution in [3.05, 3.63) is 30.3 Å². The standard InChI is InChI=1S/C16H25N3O2/c1-5-11-17-15(20)12-18(3)13(2)16(21)19(4)14-9-7-6-8-10-14/h6-10,13H,5,11-12H2,1-4H3,(H,17,20)/p+1/t13-/m1/s1. The van der Waals surface area contributed by atoms with Crippen LogP contribution in [-0.4, -0.2) is 45.0 Å². The molecule has 2 amide bonds. The molecule has 21 heavy (non-hydrogen) atoms. The van der Waals surface area contributed by atoms with Crippen LogP contribution >= 0.6 is 0 Å². The molecule has 2 N–H and O–H groups in total. The summed E-state index contributed by atoms with van der Waals surface area (Å²) >= 11 is 0. The van der Waals surface area contributed by atoms with Crippen molar-refractivity contribution in [1.29, 1.82) is 0 Å². The molecule has 1 aromatic rings. The fourth-order valence-corrected chi connectivity index (χ4v) is 2.01. The summed E-state index contributed by atoms with van der Waals surface area (Å²) < 4.78 is 0. The molecule has 116 valence electrons. The van der Waals surface area contributed by atoms with Crippen LogP contribution in [0.2, 0.25) is 0 Å². The van der Waals surface area contributed by atoms with Crippen molar-refractivity contribution in [3.63, 3.8) is 0 Å². The fraction of sp³-hybridized carbons (Fsp3) is 0.500. The van der Waals surface area contributed by atoms with E-state index in [1.807, 2.05) is 51.2 Å². The summed E-state index contributed by atoms with van der Waals surface area (Å²) in [4.78, 5) is 26.7. The van der Waals surface area contributed by atoms with Gasteiger partial charge in [0.15, 0.2) is 12.6 Å². The first kappa shape index (κ1) is 17.2. The van der Waals surface area contributed by atoms with E-state index in [1.165, 1.54) is 0 Å². The van der Waals surface area contributed by atoms with Gasteiger partial charge in [0, 0.05) is 19.3 Å². The van der Waals surface area contributed by atoms with Gasteiger partial charge in [0.05, 0.1) is 7.05 Å². The lowest BCUT2D eigenvalue weighted by Crippen LogP contribution is -3.15. The van der Waals surface area contributed by atoms with Gasteiger partial charge in [-0.2, -0.15) is 0 Å². The monoisotopic (exact) mass is 292 g/mol. The van der Waals surface area contributed by atoms with Crippen LogP contribution in [-0.2, 0) is 9.59 Å². The normalized spacial score (nSPS) is 13.3. The molecule has 5 nitrogen and oxygen atoms in total. The van der Waals surface area contributed by atoms with E-state index in [4.69, 9.17) is 0 Å². The zero-order valence-electron chi connectivity index (χ0n) is 13.3. The molecule has 0 spiro atoms. The Labute approximate surface area is 126 Å². The van der Waals surface area contributed by atoms with Gasteiger partial charge in [0.2, 0.25) is 0 Å². The van der Waals surface area contributed by atoms with Gasteiger partial charge in [0.1, 0.15) is 0 Å². The van der Waals surface area contributed by atoms with Crippen molar-refractivity contribution >= 4 is 17.5 Å². The number of rotatable bonds is 7. The van der Waals surface area contributed by atoms with Crippen LogP contribution < -0.4 is 15.1 Å². The molecular formula is C16H26N3O2+. The van der Waals surface area contributed by atoms with Gasteiger partial charge in [-0.1, -0.05) is 25.1 Å². The summed E-state index contributed by atoms with van der Waals surface area (Å²) in [5, 5.41) is 2.83. The second-order valence-corrected chi connectivity index (χ2v) is 5.33. The third-order valence-electron chi connectivity index (χ3n) is 3.60. The number of carbonyl (C=O) groups excluding carboxylic acids is 2. The van der Waals surface area contributed by atoms with Crippen molar-refractivity contribution in [2.75, 3.05) is 32.1 Å². The number of hydrogen-bond acceptors (Lipinski definition) is 2. The van der Waals surface area contributed by atoms with Crippen molar-refractivity contribution in [2.24, 2.45) is 0 Å². The third kappa shape index (κ3) is 5.19. The molecule has 0 saturated carbocycles. The molecule has 0 heterocycles. The van der Waals surface area contributed by atoms with Crippen molar-refractivity contribution in [3.8, 4) is 0 Å². The van der Waals surface area contributed by atoms with E-state index < -0.39 is 0 Å². The highest BCUT2D eigenvalue weighted by Crippen LogP contribution is 2.11. The number of nitrogens with zero attached hydrogens (tertiary/aromatic N) is 1. The predicted octanol–water partition coefficient (Wildman–Crippen LogP) is 0.0788. The van der Waals surface area contributed by atoms with Crippen LogP contribution in [0.4, 0.5) is 5.69 Å². The molecule has 0 bridgehead atoms. The minimum absolute atomic E-state index is 0.00184. The molecule has 1 aromatic carbocycles. The maximum atomic E-state index is 12.5. The minimum Gasteiger partial charge on any atom is -0.351 e. The highest BCUT2D eigenvalue weighted by Gasteiger charge is 2.27. The Morgan fingerprint density at radius 3 is 2.48 bits per heavy atom. The molecule has 5 heteroatoms. The van der Waals surface area contributed by atoms with Gasteiger partial charge >= 0.3 is 0 Å². The van der Waals surface area contributed by atoms with Crippen LogP contribution in [0.15, 0.2) is 30.3 Å². The van der Waals surface area contributed by atoms with Crippen molar-refractivity contribution in [2.45, 2.75) is 26.3 Å². The lowest BCUT2D eigenvalue weighted by molar-refractivity contribution is -0.885. The summed E-state index contributed by atoms with van der Waals surface area (Å²) in [6.45, 7) is 4.84. The van der Waals surface area contributed by atoms with Gasteiger partial charge in [-0.3, -0.25) is 9.59 Å². The average molecular weight is 292 g/mol. The second-order valence-electron chi connectivity index (χ2n) is 5.33. The minimum atomic E-state index is -0.275. The lowest BCUT2D eigenvalue weighted by atomic mass is 10.2. The number of quaternary nitrogens is 1. The molecule has 1 unspecified atom stereocenters. The smallest absolute Gasteiger partial charge is 0.284 e. The molecule has 2 atom stereocenters. The van der Waals surface area contributed by atoms with Crippen LogP contribution in [0.5, 0.6) is 0 Å². The van der Waals surface area contributed by atoms with Gasteiger partial charge in [0.25, 0.3) is 11.8 Å². The SMILES string of the molecule is CCCNC(=O)C[NH+](C)[C@H](C)C(=O)N(C)c1ccccc1. The largest absolute Gasteiger partial charge is 0.351 e. The van der Waals surface area contributed by atoms with Crippen LogP contribution in [0, 0.1) is 0 Å². The van der Waals surface area contributed by atoms with Gasteiger partial charge < -0.3 is 15.1 Å². The molecule has 0 fully saturated rings. The number of amides is 2. The topological polar surface area (TPSA) is 53.9 Å². The summed E-state index contributed by atoms with van der Waals surface area (Å²) in [5.74, 6) is -0.0154. The summed E-state index contributed by atoms with van der Waals surface area (Å²) in [6, 6.07) is 9.24. The third-order valence-corrected chi connectivity index (χ3v) is 3.60. The Bertz CT molecular complexity index is 462. The van der Waals surface area contributed by atoms with E-state index in [9.17, 15) is 9.59 Å². The average Bonchev–Trinajstić information content (AvgIpc) is 2.51. The number of anilines is 1. The zero-order chi connectivity index (χ0) is 15.8. The Morgan fingerprint density at radius 2 is 1.90 bits per heavy atom. The summed E-state index contributed by atoms with van der Waals surface area (Å²) in [5.41, 5.74) is 0.859. The Balaban J connectivity index is 2.59. The van der Waals surface area contributed by atoms with E-state index in [1.54, 1.807) is 11.9 Å². The fourth-order valence-electron chi connectivity index (χ4n) is 2.01. The molecule has 1 rings (SSSR count). The van der Waals surface area contributed by atoms with Gasteiger partial charge in [-0.05, 0) is 25.5 Å². The Kier molecular flexibility index (Phi) is 6.88. The van der Waals surface area contributed by atoms with Crippen molar-refractivity contribution < 1.29 is 14.5 Å². The number of benzene rings is 1. The molecule has 0 aliphatic heterocycles. The summed E-state index contributed by atoms with van der Waals surface area (Å²) in [7, 11) is 3.63. The van der Waals surface area contributed by atoms with Crippen LogP contribution in [0.25, 0.3) is 0 Å². The first-order valence-corrected chi connectivity index (χ1v) is 7.39. The summed E-state index contributed by atoms with van der Waals surface area (Å²) in [6.07, 6.45) is 0.913. The number of likely N-dealkylation sites (N-methyl/N-ethyl adjacent to an activating group) is 2. The predicted molar refractivity (Wildman–Crippen MR) is 84.4 cm³/mol. The van der Waals surface area contributed by atoms with Gasteiger partial charge in [-0.15, -0.1) is 0 Å². The second kappa shape index (κ2) is 8.42. The molecule has 0 aliphatic carbocycles. The first-order chi connectivity index (χ1) is 9.97. The van der Waals surface area contributed by atoms with E-state index in [-0.39, 0.29) is 17.9 Å². The van der Waals surface area contributed by atoms with E-state index in [0.29, 0.717) is 13.1 Å². The maximum absolute atomic E-state index is 12.5. The molecule has 0 aromatic heterocycles. The highest BCUT2D eigenvalue weighted by atomic mass is 16.2. The molecule has 0 radical (unpaired) electrons. The van der Waals surface area contributed by atoms with Crippen molar-refractivity contribution in [1.82, 2.24) is 5.32 Å². The van der Waals surface area contributed by atoms with Gasteiger partial charge in [-0.25, -0.2) is 0 Å². The zero-order valence-corrected chi connectivity index (χ0v) is 13.3. The number of carbonyl (C=O) groups is 2. The number of hydrogen-bond donors (Lipinski definition) is 2. The molecule has 0 aliphatic rings.